The normalized spacial score (nSPS) is 20.1. The first-order valence-electron chi connectivity index (χ1n) is 7.12. The van der Waals surface area contributed by atoms with E-state index in [1.165, 1.54) is 32.1 Å². The fourth-order valence-corrected chi connectivity index (χ4v) is 2.83. The molecule has 2 heterocycles. The van der Waals surface area contributed by atoms with Gasteiger partial charge in [-0.1, -0.05) is 19.8 Å². The van der Waals surface area contributed by atoms with Crippen LogP contribution in [0.15, 0.2) is 12.4 Å². The van der Waals surface area contributed by atoms with E-state index in [0.717, 1.165) is 24.8 Å². The van der Waals surface area contributed by atoms with Crippen molar-refractivity contribution in [1.82, 2.24) is 9.97 Å². The topological polar surface area (TPSA) is 78.9 Å². The van der Waals surface area contributed by atoms with Gasteiger partial charge in [-0.25, -0.2) is 9.97 Å². The lowest BCUT2D eigenvalue weighted by molar-refractivity contribution is 0.435. The van der Waals surface area contributed by atoms with Gasteiger partial charge in [0.2, 0.25) is 0 Å². The van der Waals surface area contributed by atoms with Gasteiger partial charge in [0.1, 0.15) is 11.5 Å². The molecule has 1 fully saturated rings. The lowest BCUT2D eigenvalue weighted by Crippen LogP contribution is -2.29. The van der Waals surface area contributed by atoms with Gasteiger partial charge in [0.05, 0.1) is 0 Å². The number of nitrogens with zero attached hydrogens (tertiary/aromatic N) is 3. The second-order valence-electron chi connectivity index (χ2n) is 5.21. The van der Waals surface area contributed by atoms with Crippen molar-refractivity contribution < 1.29 is 0 Å². The van der Waals surface area contributed by atoms with Crippen molar-refractivity contribution in [3.63, 3.8) is 0 Å². The molecule has 1 atom stereocenters. The number of nitrogens with two attached hydrogens (primary N) is 1. The maximum atomic E-state index is 7.60. The summed E-state index contributed by atoms with van der Waals surface area (Å²) in [4.78, 5) is 10.8. The number of hydrogen-bond acceptors (Lipinski definition) is 4. The van der Waals surface area contributed by atoms with E-state index in [9.17, 15) is 0 Å². The molecule has 2 rings (SSSR count). The standard InChI is InChI=1S/C14H23N5/c1-2-4-11-5-3-9-19(10-6-11)14-12(13(15)16)17-7-8-18-14/h7-8,11H,2-6,9-10H2,1H3,(H3,15,16). The molecule has 0 amide bonds. The minimum atomic E-state index is -0.00236. The number of hydrogen-bond donors (Lipinski definition) is 2. The Morgan fingerprint density at radius 3 is 2.89 bits per heavy atom. The van der Waals surface area contributed by atoms with Crippen LogP contribution in [0, 0.1) is 11.3 Å². The molecule has 5 nitrogen and oxygen atoms in total. The van der Waals surface area contributed by atoms with E-state index in [1.54, 1.807) is 12.4 Å². The lowest BCUT2D eigenvalue weighted by atomic mass is 9.96. The maximum Gasteiger partial charge on any atom is 0.158 e. The molecule has 1 aromatic heterocycles. The van der Waals surface area contributed by atoms with Crippen molar-refractivity contribution in [3.8, 4) is 0 Å². The first-order chi connectivity index (χ1) is 9.22. The predicted molar refractivity (Wildman–Crippen MR) is 77.5 cm³/mol. The Morgan fingerprint density at radius 1 is 1.37 bits per heavy atom. The second kappa shape index (κ2) is 6.50. The Labute approximate surface area is 114 Å². The fourth-order valence-electron chi connectivity index (χ4n) is 2.83. The molecule has 1 unspecified atom stereocenters. The van der Waals surface area contributed by atoms with E-state index in [0.29, 0.717) is 5.69 Å². The molecule has 0 aromatic carbocycles. The first-order valence-corrected chi connectivity index (χ1v) is 7.12. The number of aromatic nitrogens is 2. The summed E-state index contributed by atoms with van der Waals surface area (Å²) in [5, 5.41) is 7.60. The Morgan fingerprint density at radius 2 is 2.16 bits per heavy atom. The molecule has 0 saturated carbocycles. The highest BCUT2D eigenvalue weighted by atomic mass is 15.2. The van der Waals surface area contributed by atoms with Gasteiger partial charge in [0.25, 0.3) is 0 Å². The van der Waals surface area contributed by atoms with Crippen LogP contribution in [0.2, 0.25) is 0 Å². The molecule has 104 valence electrons. The minimum Gasteiger partial charge on any atom is -0.382 e. The Kier molecular flexibility index (Phi) is 4.71. The highest BCUT2D eigenvalue weighted by Gasteiger charge is 2.20. The van der Waals surface area contributed by atoms with Gasteiger partial charge < -0.3 is 10.6 Å². The SMILES string of the molecule is CCCC1CCCN(c2nccnc2C(=N)N)CC1. The van der Waals surface area contributed by atoms with Crippen LogP contribution in [0.4, 0.5) is 5.82 Å². The van der Waals surface area contributed by atoms with Gasteiger partial charge in [-0.2, -0.15) is 0 Å². The molecule has 3 N–H and O–H groups in total. The third-order valence-corrected chi connectivity index (χ3v) is 3.78. The number of nitrogen functional groups attached to an aromatic ring is 1. The average molecular weight is 261 g/mol. The van der Waals surface area contributed by atoms with Gasteiger partial charge in [-0.15, -0.1) is 0 Å². The van der Waals surface area contributed by atoms with Gasteiger partial charge in [-0.05, 0) is 25.2 Å². The fraction of sp³-hybridized carbons (Fsp3) is 0.643. The molecule has 1 saturated heterocycles. The number of nitrogens with one attached hydrogen (secondary N) is 1. The summed E-state index contributed by atoms with van der Waals surface area (Å²) < 4.78 is 0. The molecular formula is C14H23N5. The lowest BCUT2D eigenvalue weighted by Gasteiger charge is -2.23. The van der Waals surface area contributed by atoms with E-state index in [-0.39, 0.29) is 5.84 Å². The van der Waals surface area contributed by atoms with Crippen LogP contribution in [0.1, 0.15) is 44.7 Å². The van der Waals surface area contributed by atoms with Crippen LogP contribution in [0.3, 0.4) is 0 Å². The van der Waals surface area contributed by atoms with Crippen molar-refractivity contribution in [3.05, 3.63) is 18.1 Å². The number of rotatable bonds is 4. The monoisotopic (exact) mass is 261 g/mol. The molecule has 19 heavy (non-hydrogen) atoms. The van der Waals surface area contributed by atoms with Crippen molar-refractivity contribution in [1.29, 1.82) is 5.41 Å². The van der Waals surface area contributed by atoms with Gasteiger partial charge in [0, 0.05) is 25.5 Å². The van der Waals surface area contributed by atoms with Crippen LogP contribution in [-0.4, -0.2) is 28.9 Å². The van der Waals surface area contributed by atoms with Gasteiger partial charge in [0.15, 0.2) is 5.82 Å². The molecule has 5 heteroatoms. The van der Waals surface area contributed by atoms with Crippen molar-refractivity contribution >= 4 is 11.7 Å². The van der Waals surface area contributed by atoms with Gasteiger partial charge in [-0.3, -0.25) is 5.41 Å². The molecule has 0 aliphatic carbocycles. The molecule has 0 spiro atoms. The quantitative estimate of drug-likeness (QED) is 0.643. The third-order valence-electron chi connectivity index (χ3n) is 3.78. The predicted octanol–water partition coefficient (Wildman–Crippen LogP) is 2.17. The van der Waals surface area contributed by atoms with Gasteiger partial charge >= 0.3 is 0 Å². The largest absolute Gasteiger partial charge is 0.382 e. The smallest absolute Gasteiger partial charge is 0.158 e. The zero-order chi connectivity index (χ0) is 13.7. The maximum absolute atomic E-state index is 7.60. The number of anilines is 1. The Balaban J connectivity index is 2.12. The zero-order valence-corrected chi connectivity index (χ0v) is 11.6. The highest BCUT2D eigenvalue weighted by molar-refractivity contribution is 5.97. The van der Waals surface area contributed by atoms with Crippen LogP contribution < -0.4 is 10.6 Å². The van der Waals surface area contributed by atoms with Crippen LogP contribution in [-0.2, 0) is 0 Å². The summed E-state index contributed by atoms with van der Waals surface area (Å²) in [5.74, 6) is 1.59. The summed E-state index contributed by atoms with van der Waals surface area (Å²) in [5.41, 5.74) is 6.10. The summed E-state index contributed by atoms with van der Waals surface area (Å²) in [6, 6.07) is 0. The molecule has 0 radical (unpaired) electrons. The first kappa shape index (κ1) is 13.8. The van der Waals surface area contributed by atoms with E-state index in [4.69, 9.17) is 11.1 Å². The van der Waals surface area contributed by atoms with E-state index < -0.39 is 0 Å². The molecular weight excluding hydrogens is 238 g/mol. The van der Waals surface area contributed by atoms with Crippen LogP contribution in [0.25, 0.3) is 0 Å². The molecule has 1 aliphatic rings. The van der Waals surface area contributed by atoms with Crippen molar-refractivity contribution in [2.24, 2.45) is 11.7 Å². The van der Waals surface area contributed by atoms with Crippen molar-refractivity contribution in [2.75, 3.05) is 18.0 Å². The summed E-state index contributed by atoms with van der Waals surface area (Å²) in [6.45, 7) is 4.22. The summed E-state index contributed by atoms with van der Waals surface area (Å²) >= 11 is 0. The third kappa shape index (κ3) is 3.43. The molecule has 1 aromatic rings. The summed E-state index contributed by atoms with van der Waals surface area (Å²) in [6.07, 6.45) is 9.51. The van der Waals surface area contributed by atoms with Crippen LogP contribution in [0.5, 0.6) is 0 Å². The Bertz CT molecular complexity index is 432. The number of amidine groups is 1. The zero-order valence-electron chi connectivity index (χ0n) is 11.6. The minimum absolute atomic E-state index is 0.00236. The molecule has 1 aliphatic heterocycles. The average Bonchev–Trinajstić information content (AvgIpc) is 2.65. The van der Waals surface area contributed by atoms with E-state index in [2.05, 4.69) is 21.8 Å². The van der Waals surface area contributed by atoms with Crippen LogP contribution >= 0.6 is 0 Å². The summed E-state index contributed by atoms with van der Waals surface area (Å²) in [7, 11) is 0. The second-order valence-corrected chi connectivity index (χ2v) is 5.21. The van der Waals surface area contributed by atoms with E-state index in [1.807, 2.05) is 0 Å². The van der Waals surface area contributed by atoms with E-state index >= 15 is 0 Å². The molecule has 0 bridgehead atoms. The van der Waals surface area contributed by atoms with Crippen molar-refractivity contribution in [2.45, 2.75) is 39.0 Å². The Hall–Kier alpha value is -1.65. The highest BCUT2D eigenvalue weighted by Crippen LogP contribution is 2.25.